The molecule has 1 amide bonds. The molecule has 1 heterocycles. The molecule has 0 saturated carbocycles. The van der Waals surface area contributed by atoms with Gasteiger partial charge in [-0.15, -0.1) is 0 Å². The van der Waals surface area contributed by atoms with Crippen LogP contribution in [0.3, 0.4) is 0 Å². The number of rotatable bonds is 3. The largest absolute Gasteiger partial charge is 0.306 e. The van der Waals surface area contributed by atoms with E-state index in [9.17, 15) is 32.5 Å². The molecule has 0 aliphatic carbocycles. The maximum Gasteiger partial charge on any atom is 0.287 e. The van der Waals surface area contributed by atoms with Crippen molar-refractivity contribution in [3.63, 3.8) is 0 Å². The van der Waals surface area contributed by atoms with Crippen molar-refractivity contribution in [1.29, 1.82) is 0 Å². The van der Waals surface area contributed by atoms with Gasteiger partial charge in [0.15, 0.2) is 23.3 Å². The number of nitrogens with zero attached hydrogens (tertiary/aromatic N) is 2. The third-order valence-corrected chi connectivity index (χ3v) is 2.55. The smallest absolute Gasteiger partial charge is 0.287 e. The molecule has 1 N–H and O–H groups in total. The second kappa shape index (κ2) is 5.76. The molecule has 1 aromatic heterocycles. The number of nitro groups is 1. The Morgan fingerprint density at radius 3 is 2.36 bits per heavy atom. The van der Waals surface area contributed by atoms with Crippen LogP contribution in [0.25, 0.3) is 0 Å². The quantitative estimate of drug-likeness (QED) is 0.310. The minimum Gasteiger partial charge on any atom is -0.306 e. The molecule has 6 nitrogen and oxygen atoms in total. The lowest BCUT2D eigenvalue weighted by Crippen LogP contribution is -2.17. The first-order valence-electron chi connectivity index (χ1n) is 5.56. The highest BCUT2D eigenvalue weighted by Gasteiger charge is 2.23. The molecule has 0 fully saturated rings. The molecule has 0 saturated heterocycles. The van der Waals surface area contributed by atoms with Crippen molar-refractivity contribution in [3.05, 3.63) is 63.3 Å². The molecule has 10 heteroatoms. The number of carbonyl (C=O) groups is 1. The number of hydrogen-bond acceptors (Lipinski definition) is 4. The number of nitrogens with one attached hydrogen (secondary N) is 1. The summed E-state index contributed by atoms with van der Waals surface area (Å²) in [5, 5.41) is 12.4. The molecule has 0 aliphatic rings. The fraction of sp³-hybridized carbons (Fsp3) is 0. The third kappa shape index (κ3) is 2.85. The third-order valence-electron chi connectivity index (χ3n) is 2.55. The van der Waals surface area contributed by atoms with Gasteiger partial charge in [0.2, 0.25) is 0 Å². The van der Waals surface area contributed by atoms with E-state index in [1.54, 1.807) is 0 Å². The summed E-state index contributed by atoms with van der Waals surface area (Å²) in [5.74, 6) is -9.28. The van der Waals surface area contributed by atoms with Gasteiger partial charge in [-0.2, -0.15) is 0 Å². The first-order chi connectivity index (χ1) is 10.3. The highest BCUT2D eigenvalue weighted by atomic mass is 19.2. The van der Waals surface area contributed by atoms with Crippen LogP contribution in [-0.4, -0.2) is 15.8 Å². The van der Waals surface area contributed by atoms with Crippen molar-refractivity contribution in [2.75, 3.05) is 5.32 Å². The molecule has 114 valence electrons. The molecule has 0 bridgehead atoms. The van der Waals surface area contributed by atoms with E-state index < -0.39 is 39.7 Å². The Balaban J connectivity index is 2.28. The van der Waals surface area contributed by atoms with E-state index in [2.05, 4.69) is 4.98 Å². The monoisotopic (exact) mass is 315 g/mol. The van der Waals surface area contributed by atoms with Gasteiger partial charge in [0.25, 0.3) is 11.6 Å². The van der Waals surface area contributed by atoms with Crippen LogP contribution in [0.1, 0.15) is 10.4 Å². The molecular weight excluding hydrogens is 310 g/mol. The second-order valence-corrected chi connectivity index (χ2v) is 3.96. The van der Waals surface area contributed by atoms with Gasteiger partial charge in [-0.05, 0) is 12.1 Å². The van der Waals surface area contributed by atoms with Crippen molar-refractivity contribution < 1.29 is 27.3 Å². The molecular formula is C12H5F4N3O3. The Morgan fingerprint density at radius 1 is 1.14 bits per heavy atom. The topological polar surface area (TPSA) is 85.1 Å². The van der Waals surface area contributed by atoms with Crippen LogP contribution in [0.5, 0.6) is 0 Å². The standard InChI is InChI=1S/C12H5F4N3O3/c13-7-3-6(9(14)11(16)10(7)15)12(20)18-8-2-1-5(4-17-8)19(21)22/h1-4H,(H,17,18,20). The Hall–Kier alpha value is -3.04. The van der Waals surface area contributed by atoms with Gasteiger partial charge < -0.3 is 5.32 Å². The van der Waals surface area contributed by atoms with Crippen LogP contribution in [0.2, 0.25) is 0 Å². The first-order valence-corrected chi connectivity index (χ1v) is 5.56. The Kier molecular flexibility index (Phi) is 4.02. The molecule has 0 spiro atoms. The van der Waals surface area contributed by atoms with Crippen molar-refractivity contribution in [1.82, 2.24) is 4.98 Å². The molecule has 1 aromatic carbocycles. The lowest BCUT2D eigenvalue weighted by atomic mass is 10.1. The van der Waals surface area contributed by atoms with Crippen molar-refractivity contribution in [3.8, 4) is 0 Å². The highest BCUT2D eigenvalue weighted by molar-refractivity contribution is 6.04. The fourth-order valence-corrected chi connectivity index (χ4v) is 1.49. The molecule has 0 atom stereocenters. The summed E-state index contributed by atoms with van der Waals surface area (Å²) in [6.45, 7) is 0. The van der Waals surface area contributed by atoms with Gasteiger partial charge in [0.05, 0.1) is 10.5 Å². The zero-order chi connectivity index (χ0) is 16.4. The number of carbonyl (C=O) groups excluding carboxylic acids is 1. The number of hydrogen-bond donors (Lipinski definition) is 1. The lowest BCUT2D eigenvalue weighted by Gasteiger charge is -2.06. The summed E-state index contributed by atoms with van der Waals surface area (Å²) >= 11 is 0. The molecule has 2 rings (SSSR count). The van der Waals surface area contributed by atoms with Crippen molar-refractivity contribution in [2.45, 2.75) is 0 Å². The predicted octanol–water partition coefficient (Wildman–Crippen LogP) is 2.80. The Labute approximate surface area is 119 Å². The van der Waals surface area contributed by atoms with Crippen LogP contribution in [0, 0.1) is 33.4 Å². The van der Waals surface area contributed by atoms with Gasteiger partial charge in [-0.1, -0.05) is 0 Å². The Bertz CT molecular complexity index is 765. The molecule has 22 heavy (non-hydrogen) atoms. The number of benzene rings is 1. The number of halogens is 4. The van der Waals surface area contributed by atoms with Crippen molar-refractivity contribution in [2.24, 2.45) is 0 Å². The van der Waals surface area contributed by atoms with Crippen LogP contribution in [-0.2, 0) is 0 Å². The van der Waals surface area contributed by atoms with Gasteiger partial charge in [0.1, 0.15) is 12.0 Å². The number of pyridine rings is 1. The minimum absolute atomic E-state index is 0.189. The average Bonchev–Trinajstić information content (AvgIpc) is 2.49. The Morgan fingerprint density at radius 2 is 1.82 bits per heavy atom. The number of anilines is 1. The second-order valence-electron chi connectivity index (χ2n) is 3.96. The number of amides is 1. The molecule has 0 unspecified atom stereocenters. The summed E-state index contributed by atoms with van der Waals surface area (Å²) in [7, 11) is 0. The van der Waals surface area contributed by atoms with E-state index in [-0.39, 0.29) is 17.6 Å². The van der Waals surface area contributed by atoms with E-state index in [0.717, 1.165) is 18.3 Å². The van der Waals surface area contributed by atoms with Crippen molar-refractivity contribution >= 4 is 17.4 Å². The zero-order valence-electron chi connectivity index (χ0n) is 10.4. The normalized spacial score (nSPS) is 10.4. The van der Waals surface area contributed by atoms with E-state index in [0.29, 0.717) is 0 Å². The minimum atomic E-state index is -2.12. The van der Waals surface area contributed by atoms with Crippen LogP contribution in [0.15, 0.2) is 24.4 Å². The molecule has 2 aromatic rings. The average molecular weight is 315 g/mol. The first kappa shape index (κ1) is 15.4. The highest BCUT2D eigenvalue weighted by Crippen LogP contribution is 2.20. The lowest BCUT2D eigenvalue weighted by molar-refractivity contribution is -0.385. The summed E-state index contributed by atoms with van der Waals surface area (Å²) in [4.78, 5) is 24.9. The maximum absolute atomic E-state index is 13.4. The summed E-state index contributed by atoms with van der Waals surface area (Å²) < 4.78 is 52.2. The maximum atomic E-state index is 13.4. The predicted molar refractivity (Wildman–Crippen MR) is 65.1 cm³/mol. The molecule has 0 aliphatic heterocycles. The fourth-order valence-electron chi connectivity index (χ4n) is 1.49. The van der Waals surface area contributed by atoms with Gasteiger partial charge in [0, 0.05) is 6.07 Å². The van der Waals surface area contributed by atoms with Crippen LogP contribution < -0.4 is 5.32 Å². The summed E-state index contributed by atoms with van der Waals surface area (Å²) in [6, 6.07) is 2.23. The summed E-state index contributed by atoms with van der Waals surface area (Å²) in [6.07, 6.45) is 0.817. The van der Waals surface area contributed by atoms with E-state index in [4.69, 9.17) is 0 Å². The van der Waals surface area contributed by atoms with Crippen LogP contribution in [0.4, 0.5) is 29.1 Å². The SMILES string of the molecule is O=C(Nc1ccc([N+](=O)[O-])cn1)c1cc(F)c(F)c(F)c1F. The number of aromatic nitrogens is 1. The molecule has 0 radical (unpaired) electrons. The zero-order valence-corrected chi connectivity index (χ0v) is 10.4. The van der Waals surface area contributed by atoms with Gasteiger partial charge in [-0.25, -0.2) is 22.5 Å². The van der Waals surface area contributed by atoms with E-state index in [1.807, 2.05) is 5.32 Å². The van der Waals surface area contributed by atoms with E-state index in [1.165, 1.54) is 0 Å². The van der Waals surface area contributed by atoms with Gasteiger partial charge >= 0.3 is 0 Å². The summed E-state index contributed by atoms with van der Waals surface area (Å²) in [5.41, 5.74) is -1.43. The van der Waals surface area contributed by atoms with Crippen LogP contribution >= 0.6 is 0 Å². The van der Waals surface area contributed by atoms with Gasteiger partial charge in [-0.3, -0.25) is 14.9 Å². The van der Waals surface area contributed by atoms with E-state index >= 15 is 0 Å².